The standard InChI is InChI=1S/C19H26N4O/c1-14-6-8-17(12-15(14)2)22-18-9-7-16(13-21-18)19(24)20-10-5-11-23(3)4/h6-9,12-13H,5,10-11H2,1-4H3,(H,20,24)(H,21,22). The van der Waals surface area contributed by atoms with Crippen LogP contribution in [0.4, 0.5) is 11.5 Å². The van der Waals surface area contributed by atoms with Crippen molar-refractivity contribution in [2.24, 2.45) is 0 Å². The number of benzene rings is 1. The molecule has 5 heteroatoms. The van der Waals surface area contributed by atoms with E-state index in [9.17, 15) is 4.79 Å². The maximum atomic E-state index is 12.1. The van der Waals surface area contributed by atoms with Crippen LogP contribution in [0, 0.1) is 13.8 Å². The number of pyridine rings is 1. The highest BCUT2D eigenvalue weighted by Crippen LogP contribution is 2.18. The van der Waals surface area contributed by atoms with Gasteiger partial charge in [-0.2, -0.15) is 0 Å². The number of amides is 1. The Hall–Kier alpha value is -2.40. The maximum Gasteiger partial charge on any atom is 0.252 e. The van der Waals surface area contributed by atoms with Crippen molar-refractivity contribution in [1.29, 1.82) is 0 Å². The number of nitrogens with one attached hydrogen (secondary N) is 2. The lowest BCUT2D eigenvalue weighted by Gasteiger charge is -2.10. The van der Waals surface area contributed by atoms with Crippen molar-refractivity contribution in [3.05, 3.63) is 53.2 Å². The Kier molecular flexibility index (Phi) is 6.32. The number of rotatable bonds is 7. The summed E-state index contributed by atoms with van der Waals surface area (Å²) in [5, 5.41) is 6.17. The lowest BCUT2D eigenvalue weighted by Crippen LogP contribution is -2.27. The van der Waals surface area contributed by atoms with Gasteiger partial charge in [0, 0.05) is 18.4 Å². The molecule has 0 aliphatic carbocycles. The third kappa shape index (κ3) is 5.35. The Balaban J connectivity index is 1.90. The summed E-state index contributed by atoms with van der Waals surface area (Å²) in [4.78, 5) is 18.5. The van der Waals surface area contributed by atoms with E-state index >= 15 is 0 Å². The Morgan fingerprint density at radius 1 is 1.12 bits per heavy atom. The molecule has 0 aliphatic heterocycles. The number of carbonyl (C=O) groups is 1. The van der Waals surface area contributed by atoms with Gasteiger partial charge in [-0.1, -0.05) is 6.07 Å². The molecule has 0 atom stereocenters. The van der Waals surface area contributed by atoms with Crippen LogP contribution in [0.2, 0.25) is 0 Å². The molecule has 0 saturated carbocycles. The summed E-state index contributed by atoms with van der Waals surface area (Å²) in [5.41, 5.74) is 4.06. The smallest absolute Gasteiger partial charge is 0.252 e. The first-order valence-electron chi connectivity index (χ1n) is 8.19. The van der Waals surface area contributed by atoms with Gasteiger partial charge in [-0.3, -0.25) is 4.79 Å². The number of carbonyl (C=O) groups excluding carboxylic acids is 1. The van der Waals surface area contributed by atoms with E-state index in [0.29, 0.717) is 12.1 Å². The summed E-state index contributed by atoms with van der Waals surface area (Å²) in [5.74, 6) is 0.640. The molecule has 128 valence electrons. The molecule has 0 unspecified atom stereocenters. The minimum absolute atomic E-state index is 0.0843. The molecule has 0 radical (unpaired) electrons. The van der Waals surface area contributed by atoms with Crippen LogP contribution in [0.3, 0.4) is 0 Å². The summed E-state index contributed by atoms with van der Waals surface area (Å²) in [6.07, 6.45) is 2.53. The van der Waals surface area contributed by atoms with E-state index < -0.39 is 0 Å². The van der Waals surface area contributed by atoms with Crippen molar-refractivity contribution >= 4 is 17.4 Å². The van der Waals surface area contributed by atoms with E-state index in [0.717, 1.165) is 24.5 Å². The predicted octanol–water partition coefficient (Wildman–Crippen LogP) is 3.12. The fraction of sp³-hybridized carbons (Fsp3) is 0.368. The zero-order valence-corrected chi connectivity index (χ0v) is 14.9. The summed E-state index contributed by atoms with van der Waals surface area (Å²) in [6, 6.07) is 9.80. The molecular formula is C19H26N4O. The Bertz CT molecular complexity index is 680. The number of nitrogens with zero attached hydrogens (tertiary/aromatic N) is 2. The number of hydrogen-bond acceptors (Lipinski definition) is 4. The van der Waals surface area contributed by atoms with E-state index in [4.69, 9.17) is 0 Å². The van der Waals surface area contributed by atoms with Crippen molar-refractivity contribution in [3.63, 3.8) is 0 Å². The fourth-order valence-electron chi connectivity index (χ4n) is 2.27. The Morgan fingerprint density at radius 3 is 2.54 bits per heavy atom. The van der Waals surface area contributed by atoms with Gasteiger partial charge in [0.05, 0.1) is 5.56 Å². The summed E-state index contributed by atoms with van der Waals surface area (Å²) < 4.78 is 0. The van der Waals surface area contributed by atoms with Crippen LogP contribution in [0.15, 0.2) is 36.5 Å². The summed E-state index contributed by atoms with van der Waals surface area (Å²) in [7, 11) is 4.04. The van der Waals surface area contributed by atoms with Crippen molar-refractivity contribution in [3.8, 4) is 0 Å². The quantitative estimate of drug-likeness (QED) is 0.768. The first-order valence-corrected chi connectivity index (χ1v) is 8.19. The molecule has 2 aromatic rings. The zero-order valence-electron chi connectivity index (χ0n) is 14.9. The number of aryl methyl sites for hydroxylation is 2. The molecule has 0 spiro atoms. The SMILES string of the molecule is Cc1ccc(Nc2ccc(C(=O)NCCCN(C)C)cn2)cc1C. The van der Waals surface area contributed by atoms with Gasteiger partial charge in [-0.25, -0.2) is 4.98 Å². The van der Waals surface area contributed by atoms with Crippen LogP contribution >= 0.6 is 0 Å². The second kappa shape index (κ2) is 8.45. The molecule has 1 aromatic heterocycles. The highest BCUT2D eigenvalue weighted by molar-refractivity contribution is 5.94. The average molecular weight is 326 g/mol. The van der Waals surface area contributed by atoms with Crippen molar-refractivity contribution in [2.45, 2.75) is 20.3 Å². The van der Waals surface area contributed by atoms with E-state index in [-0.39, 0.29) is 5.91 Å². The molecule has 0 saturated heterocycles. The number of aromatic nitrogens is 1. The van der Waals surface area contributed by atoms with E-state index in [1.165, 1.54) is 11.1 Å². The minimum atomic E-state index is -0.0843. The third-order valence-electron chi connectivity index (χ3n) is 3.87. The van der Waals surface area contributed by atoms with Gasteiger partial charge in [-0.05, 0) is 76.3 Å². The van der Waals surface area contributed by atoms with Gasteiger partial charge in [0.1, 0.15) is 5.82 Å². The summed E-state index contributed by atoms with van der Waals surface area (Å²) in [6.45, 7) is 5.79. The van der Waals surface area contributed by atoms with Crippen molar-refractivity contribution in [1.82, 2.24) is 15.2 Å². The first-order chi connectivity index (χ1) is 11.5. The molecule has 0 fully saturated rings. The van der Waals surface area contributed by atoms with Crippen LogP contribution in [0.1, 0.15) is 27.9 Å². The second-order valence-corrected chi connectivity index (χ2v) is 6.27. The summed E-state index contributed by atoms with van der Waals surface area (Å²) >= 11 is 0. The highest BCUT2D eigenvalue weighted by atomic mass is 16.1. The second-order valence-electron chi connectivity index (χ2n) is 6.27. The highest BCUT2D eigenvalue weighted by Gasteiger charge is 2.06. The molecule has 2 N–H and O–H groups in total. The molecule has 24 heavy (non-hydrogen) atoms. The van der Waals surface area contributed by atoms with Gasteiger partial charge >= 0.3 is 0 Å². The van der Waals surface area contributed by atoms with E-state index in [1.54, 1.807) is 12.3 Å². The van der Waals surface area contributed by atoms with Crippen LogP contribution in [-0.2, 0) is 0 Å². The molecule has 1 aromatic carbocycles. The molecule has 1 heterocycles. The third-order valence-corrected chi connectivity index (χ3v) is 3.87. The first kappa shape index (κ1) is 17.9. The Morgan fingerprint density at radius 2 is 1.92 bits per heavy atom. The number of hydrogen-bond donors (Lipinski definition) is 2. The van der Waals surface area contributed by atoms with Crippen molar-refractivity contribution < 1.29 is 4.79 Å². The predicted molar refractivity (Wildman–Crippen MR) is 98.9 cm³/mol. The average Bonchev–Trinajstić information content (AvgIpc) is 2.55. The fourth-order valence-corrected chi connectivity index (χ4v) is 2.27. The van der Waals surface area contributed by atoms with Gasteiger partial charge in [0.15, 0.2) is 0 Å². The molecule has 0 bridgehead atoms. The molecule has 2 rings (SSSR count). The lowest BCUT2D eigenvalue weighted by molar-refractivity contribution is 0.0952. The maximum absolute atomic E-state index is 12.1. The molecule has 5 nitrogen and oxygen atoms in total. The van der Waals surface area contributed by atoms with Crippen LogP contribution < -0.4 is 10.6 Å². The molecule has 0 aliphatic rings. The number of anilines is 2. The zero-order chi connectivity index (χ0) is 17.5. The minimum Gasteiger partial charge on any atom is -0.352 e. The van der Waals surface area contributed by atoms with E-state index in [1.807, 2.05) is 26.2 Å². The van der Waals surface area contributed by atoms with Crippen LogP contribution in [0.5, 0.6) is 0 Å². The van der Waals surface area contributed by atoms with Gasteiger partial charge < -0.3 is 15.5 Å². The monoisotopic (exact) mass is 326 g/mol. The topological polar surface area (TPSA) is 57.3 Å². The largest absolute Gasteiger partial charge is 0.352 e. The van der Waals surface area contributed by atoms with E-state index in [2.05, 4.69) is 46.5 Å². The van der Waals surface area contributed by atoms with Crippen LogP contribution in [0.25, 0.3) is 0 Å². The normalized spacial score (nSPS) is 10.7. The molecule has 1 amide bonds. The van der Waals surface area contributed by atoms with Crippen LogP contribution in [-0.4, -0.2) is 43.0 Å². The lowest BCUT2D eigenvalue weighted by atomic mass is 10.1. The van der Waals surface area contributed by atoms with Gasteiger partial charge in [-0.15, -0.1) is 0 Å². The van der Waals surface area contributed by atoms with Gasteiger partial charge in [0.2, 0.25) is 0 Å². The van der Waals surface area contributed by atoms with Crippen molar-refractivity contribution in [2.75, 3.05) is 32.5 Å². The molecular weight excluding hydrogens is 300 g/mol. The Labute approximate surface area is 144 Å². The van der Waals surface area contributed by atoms with Gasteiger partial charge in [0.25, 0.3) is 5.91 Å².